The fourth-order valence-electron chi connectivity index (χ4n) is 2.12. The maximum atomic E-state index is 12.4. The zero-order valence-electron chi connectivity index (χ0n) is 10.4. The first-order valence-electron chi connectivity index (χ1n) is 6.08. The minimum absolute atomic E-state index is 0.158. The van der Waals surface area contributed by atoms with E-state index in [0.29, 0.717) is 16.8 Å². The number of benzene rings is 2. The zero-order chi connectivity index (χ0) is 14.1. The summed E-state index contributed by atoms with van der Waals surface area (Å²) in [5, 5.41) is 3.01. The lowest BCUT2D eigenvalue weighted by molar-refractivity contribution is 0.0985. The Bertz CT molecular complexity index is 750. The van der Waals surface area contributed by atoms with E-state index in [1.54, 1.807) is 24.3 Å². The lowest BCUT2D eigenvalue weighted by Gasteiger charge is -2.17. The number of Topliss-reactive ketones (excluding diaryl/α,β-unsaturated/α-hetero) is 1. The molecule has 1 aliphatic carbocycles. The van der Waals surface area contributed by atoms with Crippen LogP contribution in [0.4, 0.5) is 5.69 Å². The summed E-state index contributed by atoms with van der Waals surface area (Å²) >= 11 is 3.40. The van der Waals surface area contributed by atoms with Gasteiger partial charge in [0.05, 0.1) is 11.4 Å². The topological polar surface area (TPSA) is 46.2 Å². The minimum atomic E-state index is -0.170. The number of halogens is 1. The van der Waals surface area contributed by atoms with Crippen molar-refractivity contribution in [3.8, 4) is 0 Å². The van der Waals surface area contributed by atoms with Gasteiger partial charge in [0, 0.05) is 21.7 Å². The van der Waals surface area contributed by atoms with Gasteiger partial charge in [0.2, 0.25) is 5.78 Å². The Morgan fingerprint density at radius 3 is 2.25 bits per heavy atom. The van der Waals surface area contributed by atoms with Gasteiger partial charge in [-0.3, -0.25) is 9.59 Å². The number of hydrogen-bond acceptors (Lipinski definition) is 3. The van der Waals surface area contributed by atoms with Gasteiger partial charge in [-0.1, -0.05) is 36.4 Å². The largest absolute Gasteiger partial charge is 0.351 e. The van der Waals surface area contributed by atoms with Crippen LogP contribution in [0.5, 0.6) is 0 Å². The van der Waals surface area contributed by atoms with E-state index in [-0.39, 0.29) is 11.6 Å². The number of nitrogens with one attached hydrogen (secondary N) is 1. The highest BCUT2D eigenvalue weighted by Gasteiger charge is 2.25. The molecule has 0 saturated heterocycles. The second-order valence-corrected chi connectivity index (χ2v) is 5.26. The SMILES string of the molecule is O=C1C=C(Nc2ccccc2Br)C(=O)c2ccccc21. The quantitative estimate of drug-likeness (QED) is 0.911. The van der Waals surface area contributed by atoms with Crippen molar-refractivity contribution in [3.05, 3.63) is 75.9 Å². The van der Waals surface area contributed by atoms with Gasteiger partial charge in [-0.15, -0.1) is 0 Å². The normalized spacial score (nSPS) is 13.8. The second kappa shape index (κ2) is 5.06. The van der Waals surface area contributed by atoms with E-state index < -0.39 is 0 Å². The Kier molecular flexibility index (Phi) is 3.24. The van der Waals surface area contributed by atoms with Gasteiger partial charge in [-0.2, -0.15) is 0 Å². The molecular weight excluding hydrogens is 318 g/mol. The Balaban J connectivity index is 1.99. The highest BCUT2D eigenvalue weighted by Crippen LogP contribution is 2.26. The molecule has 1 N–H and O–H groups in total. The van der Waals surface area contributed by atoms with E-state index >= 15 is 0 Å². The molecule has 0 bridgehead atoms. The molecule has 2 aromatic rings. The van der Waals surface area contributed by atoms with Crippen LogP contribution in [0.2, 0.25) is 0 Å². The molecule has 3 nitrogen and oxygen atoms in total. The summed E-state index contributed by atoms with van der Waals surface area (Å²) in [5.74, 6) is -0.328. The van der Waals surface area contributed by atoms with Crippen LogP contribution >= 0.6 is 15.9 Å². The first-order chi connectivity index (χ1) is 9.66. The lowest BCUT2D eigenvalue weighted by Crippen LogP contribution is -2.21. The number of allylic oxidation sites excluding steroid dienone is 2. The molecule has 0 aliphatic heterocycles. The van der Waals surface area contributed by atoms with E-state index in [1.807, 2.05) is 24.3 Å². The molecule has 20 heavy (non-hydrogen) atoms. The van der Waals surface area contributed by atoms with Crippen molar-refractivity contribution in [1.29, 1.82) is 0 Å². The Labute approximate surface area is 124 Å². The number of ketones is 2. The molecule has 0 unspecified atom stereocenters. The predicted octanol–water partition coefficient (Wildman–Crippen LogP) is 3.82. The minimum Gasteiger partial charge on any atom is -0.351 e. The average molecular weight is 328 g/mol. The Morgan fingerprint density at radius 1 is 0.850 bits per heavy atom. The van der Waals surface area contributed by atoms with E-state index in [2.05, 4.69) is 21.2 Å². The molecule has 0 spiro atoms. The summed E-state index contributed by atoms with van der Waals surface area (Å²) in [5.41, 5.74) is 1.93. The molecule has 0 radical (unpaired) electrons. The summed E-state index contributed by atoms with van der Waals surface area (Å²) in [4.78, 5) is 24.4. The third-order valence-corrected chi connectivity index (χ3v) is 3.79. The van der Waals surface area contributed by atoms with Gasteiger partial charge >= 0.3 is 0 Å². The number of para-hydroxylation sites is 1. The van der Waals surface area contributed by atoms with Gasteiger partial charge in [-0.25, -0.2) is 0 Å². The van der Waals surface area contributed by atoms with Crippen LogP contribution in [0, 0.1) is 0 Å². The van der Waals surface area contributed by atoms with Gasteiger partial charge in [0.15, 0.2) is 5.78 Å². The van der Waals surface area contributed by atoms with Crippen molar-refractivity contribution in [1.82, 2.24) is 0 Å². The first-order valence-corrected chi connectivity index (χ1v) is 6.87. The fourth-order valence-corrected chi connectivity index (χ4v) is 2.50. The van der Waals surface area contributed by atoms with Crippen molar-refractivity contribution >= 4 is 33.2 Å². The molecule has 3 rings (SSSR count). The highest BCUT2D eigenvalue weighted by molar-refractivity contribution is 9.10. The first kappa shape index (κ1) is 12.8. The number of rotatable bonds is 2. The zero-order valence-corrected chi connectivity index (χ0v) is 12.0. The van der Waals surface area contributed by atoms with Crippen LogP contribution in [0.3, 0.4) is 0 Å². The molecule has 0 heterocycles. The average Bonchev–Trinajstić information content (AvgIpc) is 2.47. The standard InChI is InChI=1S/C16H10BrNO2/c17-12-7-3-4-8-13(12)18-14-9-15(19)10-5-1-2-6-11(10)16(14)20/h1-9,18H. The van der Waals surface area contributed by atoms with Crippen molar-refractivity contribution in [3.63, 3.8) is 0 Å². The second-order valence-electron chi connectivity index (χ2n) is 4.40. The summed E-state index contributed by atoms with van der Waals surface area (Å²) in [6, 6.07) is 14.3. The van der Waals surface area contributed by atoms with Crippen molar-refractivity contribution in [2.45, 2.75) is 0 Å². The maximum Gasteiger partial charge on any atom is 0.210 e. The fraction of sp³-hybridized carbons (Fsp3) is 0. The molecule has 0 aromatic heterocycles. The van der Waals surface area contributed by atoms with Crippen molar-refractivity contribution in [2.75, 3.05) is 5.32 Å². The molecule has 4 heteroatoms. The molecule has 0 fully saturated rings. The Morgan fingerprint density at radius 2 is 1.50 bits per heavy atom. The summed E-state index contributed by atoms with van der Waals surface area (Å²) < 4.78 is 0.833. The molecule has 0 atom stereocenters. The molecular formula is C16H10BrNO2. The van der Waals surface area contributed by atoms with Crippen molar-refractivity contribution in [2.24, 2.45) is 0 Å². The van der Waals surface area contributed by atoms with Gasteiger partial charge in [0.25, 0.3) is 0 Å². The molecule has 1 aliphatic rings. The maximum absolute atomic E-state index is 12.4. The Hall–Kier alpha value is -2.20. The lowest BCUT2D eigenvalue weighted by atomic mass is 9.92. The van der Waals surface area contributed by atoms with E-state index in [9.17, 15) is 9.59 Å². The number of hydrogen-bond donors (Lipinski definition) is 1. The van der Waals surface area contributed by atoms with E-state index in [1.165, 1.54) is 6.08 Å². The number of fused-ring (bicyclic) bond motifs is 1. The predicted molar refractivity (Wildman–Crippen MR) is 81.0 cm³/mol. The smallest absolute Gasteiger partial charge is 0.210 e. The van der Waals surface area contributed by atoms with E-state index in [4.69, 9.17) is 0 Å². The van der Waals surface area contributed by atoms with Crippen molar-refractivity contribution < 1.29 is 9.59 Å². The molecule has 0 amide bonds. The van der Waals surface area contributed by atoms with Gasteiger partial charge in [0.1, 0.15) is 0 Å². The molecule has 2 aromatic carbocycles. The van der Waals surface area contributed by atoms with E-state index in [0.717, 1.165) is 10.2 Å². The highest BCUT2D eigenvalue weighted by atomic mass is 79.9. The van der Waals surface area contributed by atoms with Crippen LogP contribution in [0.15, 0.2) is 64.8 Å². The number of carbonyl (C=O) groups is 2. The van der Waals surface area contributed by atoms with Gasteiger partial charge < -0.3 is 5.32 Å². The number of anilines is 1. The van der Waals surface area contributed by atoms with Crippen LogP contribution in [-0.2, 0) is 0 Å². The third kappa shape index (κ3) is 2.18. The third-order valence-electron chi connectivity index (χ3n) is 3.10. The van der Waals surface area contributed by atoms with Crippen LogP contribution in [0.1, 0.15) is 20.7 Å². The van der Waals surface area contributed by atoms with Gasteiger partial charge in [-0.05, 0) is 28.1 Å². The van der Waals surface area contributed by atoms with Crippen LogP contribution in [-0.4, -0.2) is 11.6 Å². The molecule has 0 saturated carbocycles. The summed E-state index contributed by atoms with van der Waals surface area (Å²) in [6.45, 7) is 0. The van der Waals surface area contributed by atoms with Crippen LogP contribution < -0.4 is 5.32 Å². The summed E-state index contributed by atoms with van der Waals surface area (Å²) in [6.07, 6.45) is 1.35. The van der Waals surface area contributed by atoms with Crippen LogP contribution in [0.25, 0.3) is 0 Å². The summed E-state index contributed by atoms with van der Waals surface area (Å²) in [7, 11) is 0. The monoisotopic (exact) mass is 327 g/mol. The molecule has 98 valence electrons. The number of carbonyl (C=O) groups excluding carboxylic acids is 2.